The number of nitrogens with two attached hydrogens (primary N) is 1. The van der Waals surface area contributed by atoms with Gasteiger partial charge in [0, 0.05) is 24.4 Å². The Morgan fingerprint density at radius 1 is 1.47 bits per heavy atom. The Morgan fingerprint density at radius 2 is 2.16 bits per heavy atom. The number of carbonyl (C=O) groups is 1. The van der Waals surface area contributed by atoms with Gasteiger partial charge in [-0.3, -0.25) is 4.79 Å². The van der Waals surface area contributed by atoms with Crippen LogP contribution in [0.3, 0.4) is 0 Å². The van der Waals surface area contributed by atoms with Crippen LogP contribution in [0.25, 0.3) is 11.3 Å². The zero-order chi connectivity index (χ0) is 14.2. The fraction of sp³-hybridized carbons (Fsp3) is 0.231. The zero-order valence-corrected chi connectivity index (χ0v) is 11.7. The molecule has 0 aliphatic heterocycles. The van der Waals surface area contributed by atoms with Crippen LogP contribution in [-0.4, -0.2) is 17.9 Å². The lowest BCUT2D eigenvalue weighted by Crippen LogP contribution is -2.23. The Kier molecular flexibility index (Phi) is 3.53. The first-order chi connectivity index (χ1) is 8.90. The summed E-state index contributed by atoms with van der Waals surface area (Å²) in [6.07, 6.45) is 0. The van der Waals surface area contributed by atoms with Crippen LogP contribution >= 0.6 is 11.3 Å². The van der Waals surface area contributed by atoms with E-state index in [4.69, 9.17) is 5.73 Å². The van der Waals surface area contributed by atoms with Crippen LogP contribution in [0, 0.1) is 12.7 Å². The standard InChI is InChI=1S/C13H14FN3OS/c1-7-12(16-13(15)19-7)9-4-5-11(10(14)6-9)17(3)8(2)18/h4-6H,1-3H3,(H2,15,16). The smallest absolute Gasteiger partial charge is 0.223 e. The molecular formula is C13H14FN3OS. The van der Waals surface area contributed by atoms with E-state index >= 15 is 0 Å². The van der Waals surface area contributed by atoms with E-state index in [-0.39, 0.29) is 11.6 Å². The predicted octanol–water partition coefficient (Wildman–Crippen LogP) is 2.82. The number of benzene rings is 1. The van der Waals surface area contributed by atoms with Crippen molar-refractivity contribution < 1.29 is 9.18 Å². The van der Waals surface area contributed by atoms with Gasteiger partial charge in [-0.05, 0) is 19.1 Å². The number of anilines is 2. The van der Waals surface area contributed by atoms with E-state index in [2.05, 4.69) is 4.98 Å². The van der Waals surface area contributed by atoms with Crippen molar-refractivity contribution in [3.63, 3.8) is 0 Å². The number of aryl methyl sites for hydroxylation is 1. The molecule has 100 valence electrons. The van der Waals surface area contributed by atoms with Crippen molar-refractivity contribution >= 4 is 28.1 Å². The molecule has 0 fully saturated rings. The SMILES string of the molecule is CC(=O)N(C)c1ccc(-c2nc(N)sc2C)cc1F. The Hall–Kier alpha value is -1.95. The molecule has 0 saturated heterocycles. The van der Waals surface area contributed by atoms with Gasteiger partial charge >= 0.3 is 0 Å². The maximum Gasteiger partial charge on any atom is 0.223 e. The molecule has 0 aliphatic carbocycles. The number of thiazole rings is 1. The molecule has 6 heteroatoms. The van der Waals surface area contributed by atoms with Crippen LogP contribution in [0.5, 0.6) is 0 Å². The van der Waals surface area contributed by atoms with E-state index < -0.39 is 5.82 Å². The summed E-state index contributed by atoms with van der Waals surface area (Å²) in [5.41, 5.74) is 7.22. The van der Waals surface area contributed by atoms with Crippen molar-refractivity contribution in [2.45, 2.75) is 13.8 Å². The highest BCUT2D eigenvalue weighted by atomic mass is 32.1. The van der Waals surface area contributed by atoms with Crippen molar-refractivity contribution in [2.24, 2.45) is 0 Å². The summed E-state index contributed by atoms with van der Waals surface area (Å²) in [6.45, 7) is 3.27. The van der Waals surface area contributed by atoms with Gasteiger partial charge in [0.25, 0.3) is 0 Å². The molecule has 4 nitrogen and oxygen atoms in total. The minimum absolute atomic E-state index is 0.222. The summed E-state index contributed by atoms with van der Waals surface area (Å²) in [5, 5.41) is 0.456. The summed E-state index contributed by atoms with van der Waals surface area (Å²) in [4.78, 5) is 17.6. The van der Waals surface area contributed by atoms with E-state index in [1.165, 1.54) is 36.3 Å². The minimum Gasteiger partial charge on any atom is -0.375 e. The van der Waals surface area contributed by atoms with Crippen molar-refractivity contribution in [2.75, 3.05) is 17.7 Å². The second kappa shape index (κ2) is 4.97. The number of nitrogen functional groups attached to an aromatic ring is 1. The Labute approximate surface area is 114 Å². The highest BCUT2D eigenvalue weighted by Gasteiger charge is 2.14. The van der Waals surface area contributed by atoms with Gasteiger partial charge in [-0.15, -0.1) is 11.3 Å². The minimum atomic E-state index is -0.457. The van der Waals surface area contributed by atoms with E-state index in [9.17, 15) is 9.18 Å². The topological polar surface area (TPSA) is 59.2 Å². The van der Waals surface area contributed by atoms with Gasteiger partial charge in [-0.2, -0.15) is 0 Å². The number of nitrogens with zero attached hydrogens (tertiary/aromatic N) is 2. The molecule has 19 heavy (non-hydrogen) atoms. The normalized spacial score (nSPS) is 10.5. The molecule has 0 bridgehead atoms. The Bertz CT molecular complexity index is 639. The van der Waals surface area contributed by atoms with Crippen molar-refractivity contribution in [1.82, 2.24) is 4.98 Å². The molecule has 1 amide bonds. The van der Waals surface area contributed by atoms with Crippen molar-refractivity contribution in [3.8, 4) is 11.3 Å². The van der Waals surface area contributed by atoms with E-state index in [1.807, 2.05) is 6.92 Å². The van der Waals surface area contributed by atoms with Gasteiger partial charge in [0.05, 0.1) is 11.4 Å². The molecule has 0 radical (unpaired) electrons. The largest absolute Gasteiger partial charge is 0.375 e. The number of hydrogen-bond acceptors (Lipinski definition) is 4. The first kappa shape index (κ1) is 13.5. The monoisotopic (exact) mass is 279 g/mol. The molecule has 0 saturated carbocycles. The third-order valence-corrected chi connectivity index (χ3v) is 3.67. The predicted molar refractivity (Wildman–Crippen MR) is 75.7 cm³/mol. The van der Waals surface area contributed by atoms with Crippen molar-refractivity contribution in [3.05, 3.63) is 28.9 Å². The summed E-state index contributed by atoms with van der Waals surface area (Å²) in [6, 6.07) is 4.68. The first-order valence-electron chi connectivity index (χ1n) is 5.67. The molecular weight excluding hydrogens is 265 g/mol. The second-order valence-electron chi connectivity index (χ2n) is 4.20. The third-order valence-electron chi connectivity index (χ3n) is 2.87. The van der Waals surface area contributed by atoms with Crippen LogP contribution in [0.2, 0.25) is 0 Å². The van der Waals surface area contributed by atoms with Gasteiger partial charge in [-0.25, -0.2) is 9.37 Å². The lowest BCUT2D eigenvalue weighted by molar-refractivity contribution is -0.116. The highest BCUT2D eigenvalue weighted by Crippen LogP contribution is 2.31. The number of aromatic nitrogens is 1. The highest BCUT2D eigenvalue weighted by molar-refractivity contribution is 7.15. The molecule has 1 heterocycles. The maximum absolute atomic E-state index is 14.0. The molecule has 0 unspecified atom stereocenters. The van der Waals surface area contributed by atoms with Crippen LogP contribution in [0.15, 0.2) is 18.2 Å². The molecule has 0 atom stereocenters. The van der Waals surface area contributed by atoms with E-state index in [0.717, 1.165) is 4.88 Å². The summed E-state index contributed by atoms with van der Waals surface area (Å²) < 4.78 is 14.0. The number of carbonyl (C=O) groups excluding carboxylic acids is 1. The zero-order valence-electron chi connectivity index (χ0n) is 10.9. The molecule has 2 rings (SSSR count). The second-order valence-corrected chi connectivity index (χ2v) is 5.44. The van der Waals surface area contributed by atoms with Gasteiger partial charge in [0.2, 0.25) is 5.91 Å². The third kappa shape index (κ3) is 2.58. The van der Waals surface area contributed by atoms with Crippen LogP contribution < -0.4 is 10.6 Å². The lowest BCUT2D eigenvalue weighted by Gasteiger charge is -2.16. The summed E-state index contributed by atoms with van der Waals surface area (Å²) in [7, 11) is 1.53. The number of rotatable bonds is 2. The number of hydrogen-bond donors (Lipinski definition) is 1. The average molecular weight is 279 g/mol. The first-order valence-corrected chi connectivity index (χ1v) is 6.49. The molecule has 2 N–H and O–H groups in total. The van der Waals surface area contributed by atoms with Gasteiger partial charge in [-0.1, -0.05) is 6.07 Å². The van der Waals surface area contributed by atoms with Crippen LogP contribution in [0.4, 0.5) is 15.2 Å². The Balaban J connectivity index is 2.44. The molecule has 2 aromatic rings. The lowest BCUT2D eigenvalue weighted by atomic mass is 10.1. The number of halogens is 1. The van der Waals surface area contributed by atoms with Crippen LogP contribution in [-0.2, 0) is 4.79 Å². The van der Waals surface area contributed by atoms with Gasteiger partial charge < -0.3 is 10.6 Å². The Morgan fingerprint density at radius 3 is 2.63 bits per heavy atom. The average Bonchev–Trinajstić information content (AvgIpc) is 2.67. The van der Waals surface area contributed by atoms with Crippen LogP contribution in [0.1, 0.15) is 11.8 Å². The van der Waals surface area contributed by atoms with E-state index in [0.29, 0.717) is 16.4 Å². The maximum atomic E-state index is 14.0. The van der Waals surface area contributed by atoms with Crippen molar-refractivity contribution in [1.29, 1.82) is 0 Å². The molecule has 1 aromatic carbocycles. The fourth-order valence-corrected chi connectivity index (χ4v) is 2.49. The quantitative estimate of drug-likeness (QED) is 0.919. The molecule has 1 aromatic heterocycles. The molecule has 0 aliphatic rings. The summed E-state index contributed by atoms with van der Waals surface area (Å²) >= 11 is 1.36. The summed E-state index contributed by atoms with van der Waals surface area (Å²) in [5.74, 6) is -0.679. The fourth-order valence-electron chi connectivity index (χ4n) is 1.78. The molecule has 0 spiro atoms. The van der Waals surface area contributed by atoms with Gasteiger partial charge in [0.1, 0.15) is 5.82 Å². The number of amides is 1. The van der Waals surface area contributed by atoms with Gasteiger partial charge in [0.15, 0.2) is 5.13 Å². The van der Waals surface area contributed by atoms with E-state index in [1.54, 1.807) is 12.1 Å².